The Hall–Kier alpha value is -3.00. The third-order valence-electron chi connectivity index (χ3n) is 3.09. The van der Waals surface area contributed by atoms with E-state index < -0.39 is 11.8 Å². The van der Waals surface area contributed by atoms with E-state index in [-0.39, 0.29) is 28.7 Å². The molecule has 1 aromatic carbocycles. The number of carboxylic acid groups (broad SMARTS) is 1. The van der Waals surface area contributed by atoms with Crippen molar-refractivity contribution in [3.8, 4) is 11.7 Å². The molecule has 0 radical (unpaired) electrons. The fourth-order valence-electron chi connectivity index (χ4n) is 1.87. The van der Waals surface area contributed by atoms with Gasteiger partial charge in [-0.25, -0.2) is 23.8 Å². The fraction of sp³-hybridized carbons (Fsp3) is 0.0667. The maximum atomic E-state index is 13.7. The second kappa shape index (κ2) is 6.63. The molecule has 0 saturated heterocycles. The maximum Gasteiger partial charge on any atom is 0.338 e. The van der Waals surface area contributed by atoms with Crippen LogP contribution in [0.4, 0.5) is 4.39 Å². The van der Waals surface area contributed by atoms with Crippen LogP contribution in [-0.4, -0.2) is 30.8 Å². The van der Waals surface area contributed by atoms with E-state index in [0.29, 0.717) is 5.75 Å². The highest BCUT2D eigenvalue weighted by atomic mass is 35.5. The maximum absolute atomic E-state index is 13.7. The van der Waals surface area contributed by atoms with Crippen molar-refractivity contribution in [3.63, 3.8) is 0 Å². The fourth-order valence-corrected chi connectivity index (χ4v) is 2.09. The largest absolute Gasteiger partial charge is 0.485 e. The van der Waals surface area contributed by atoms with Crippen LogP contribution in [-0.2, 0) is 6.61 Å². The molecule has 0 amide bonds. The van der Waals surface area contributed by atoms with Gasteiger partial charge in [-0.05, 0) is 12.1 Å². The standard InChI is InChI=1S/C15H10ClFN4O3/c16-12-2-1-3-13(17)11(12)8-24-10-5-18-15(19-6-10)21-7-9(4-20-21)14(22)23/h1-7H,8H2,(H,22,23). The number of halogens is 2. The zero-order chi connectivity index (χ0) is 17.1. The molecule has 9 heteroatoms. The molecular formula is C15H10ClFN4O3. The highest BCUT2D eigenvalue weighted by Gasteiger charge is 2.10. The number of carbonyl (C=O) groups is 1. The van der Waals surface area contributed by atoms with Crippen molar-refractivity contribution in [1.82, 2.24) is 19.7 Å². The lowest BCUT2D eigenvalue weighted by molar-refractivity contribution is 0.0697. The topological polar surface area (TPSA) is 90.1 Å². The second-order valence-corrected chi connectivity index (χ2v) is 5.09. The first-order chi connectivity index (χ1) is 11.5. The monoisotopic (exact) mass is 348 g/mol. The molecule has 2 aromatic heterocycles. The first-order valence-electron chi connectivity index (χ1n) is 6.70. The van der Waals surface area contributed by atoms with Crippen LogP contribution in [0.15, 0.2) is 43.0 Å². The first kappa shape index (κ1) is 15.9. The van der Waals surface area contributed by atoms with E-state index in [1.165, 1.54) is 41.6 Å². The summed E-state index contributed by atoms with van der Waals surface area (Å²) in [6.45, 7) is -0.0703. The van der Waals surface area contributed by atoms with Crippen molar-refractivity contribution >= 4 is 17.6 Å². The Balaban J connectivity index is 1.71. The smallest absolute Gasteiger partial charge is 0.338 e. The van der Waals surface area contributed by atoms with Gasteiger partial charge in [-0.1, -0.05) is 17.7 Å². The van der Waals surface area contributed by atoms with Gasteiger partial charge in [0.15, 0.2) is 5.75 Å². The van der Waals surface area contributed by atoms with Crippen LogP contribution >= 0.6 is 11.6 Å². The number of hydrogen-bond acceptors (Lipinski definition) is 5. The molecule has 0 bridgehead atoms. The van der Waals surface area contributed by atoms with Gasteiger partial charge in [0.05, 0.1) is 29.2 Å². The van der Waals surface area contributed by atoms with E-state index in [2.05, 4.69) is 15.1 Å². The van der Waals surface area contributed by atoms with Gasteiger partial charge in [-0.15, -0.1) is 0 Å². The average molecular weight is 349 g/mol. The number of carboxylic acids is 1. The Labute approximate surface area is 140 Å². The van der Waals surface area contributed by atoms with Crippen LogP contribution in [0.2, 0.25) is 5.02 Å². The van der Waals surface area contributed by atoms with Gasteiger partial charge in [0.1, 0.15) is 12.4 Å². The Bertz CT molecular complexity index is 862. The van der Waals surface area contributed by atoms with Crippen molar-refractivity contribution in [2.75, 3.05) is 0 Å². The summed E-state index contributed by atoms with van der Waals surface area (Å²) in [5.41, 5.74) is 0.259. The molecule has 3 rings (SSSR count). The molecule has 7 nitrogen and oxygen atoms in total. The van der Waals surface area contributed by atoms with Gasteiger partial charge < -0.3 is 9.84 Å². The average Bonchev–Trinajstić information content (AvgIpc) is 3.05. The lowest BCUT2D eigenvalue weighted by atomic mass is 10.2. The number of nitrogens with zero attached hydrogens (tertiary/aromatic N) is 4. The normalized spacial score (nSPS) is 10.6. The Morgan fingerprint density at radius 1 is 1.29 bits per heavy atom. The minimum atomic E-state index is -1.09. The van der Waals surface area contributed by atoms with E-state index in [4.69, 9.17) is 21.4 Å². The van der Waals surface area contributed by atoms with Gasteiger partial charge in [0, 0.05) is 11.8 Å². The molecule has 0 aliphatic heterocycles. The lowest BCUT2D eigenvalue weighted by Crippen LogP contribution is -2.04. The van der Waals surface area contributed by atoms with Crippen LogP contribution in [0.5, 0.6) is 5.75 Å². The van der Waals surface area contributed by atoms with Crippen molar-refractivity contribution in [2.24, 2.45) is 0 Å². The summed E-state index contributed by atoms with van der Waals surface area (Å²) in [5, 5.41) is 13.0. The summed E-state index contributed by atoms with van der Waals surface area (Å²) in [6.07, 6.45) is 5.23. The molecule has 122 valence electrons. The molecule has 0 saturated carbocycles. The van der Waals surface area contributed by atoms with Gasteiger partial charge in [-0.2, -0.15) is 5.10 Å². The lowest BCUT2D eigenvalue weighted by Gasteiger charge is -2.08. The highest BCUT2D eigenvalue weighted by molar-refractivity contribution is 6.31. The van der Waals surface area contributed by atoms with Crippen LogP contribution in [0.1, 0.15) is 15.9 Å². The summed E-state index contributed by atoms with van der Waals surface area (Å²) in [4.78, 5) is 18.9. The van der Waals surface area contributed by atoms with Gasteiger partial charge in [-0.3, -0.25) is 0 Å². The van der Waals surface area contributed by atoms with E-state index in [0.717, 1.165) is 0 Å². The molecule has 0 aliphatic rings. The third kappa shape index (κ3) is 3.33. The molecule has 1 N–H and O–H groups in total. The van der Waals surface area contributed by atoms with Crippen LogP contribution in [0, 0.1) is 5.82 Å². The van der Waals surface area contributed by atoms with Crippen molar-refractivity contribution in [2.45, 2.75) is 6.61 Å². The van der Waals surface area contributed by atoms with Gasteiger partial charge >= 0.3 is 5.97 Å². The predicted molar refractivity (Wildman–Crippen MR) is 81.9 cm³/mol. The third-order valence-corrected chi connectivity index (χ3v) is 3.45. The first-order valence-corrected chi connectivity index (χ1v) is 7.08. The number of benzene rings is 1. The molecule has 0 unspecified atom stereocenters. The number of aromatic nitrogens is 4. The summed E-state index contributed by atoms with van der Waals surface area (Å²) >= 11 is 5.92. The number of aromatic carboxylic acids is 1. The SMILES string of the molecule is O=C(O)c1cnn(-c2ncc(OCc3c(F)cccc3Cl)cn2)c1. The minimum Gasteiger partial charge on any atom is -0.485 e. The summed E-state index contributed by atoms with van der Waals surface area (Å²) in [5.74, 6) is -1.07. The van der Waals surface area contributed by atoms with E-state index in [9.17, 15) is 9.18 Å². The molecule has 0 atom stereocenters. The Morgan fingerprint density at radius 2 is 2.04 bits per heavy atom. The van der Waals surface area contributed by atoms with Crippen LogP contribution in [0.3, 0.4) is 0 Å². The molecule has 2 heterocycles. The van der Waals surface area contributed by atoms with Gasteiger partial charge in [0.25, 0.3) is 5.95 Å². The molecule has 0 aliphatic carbocycles. The molecule has 0 spiro atoms. The Kier molecular flexibility index (Phi) is 4.39. The number of hydrogen-bond donors (Lipinski definition) is 1. The van der Waals surface area contributed by atoms with E-state index in [1.54, 1.807) is 6.07 Å². The van der Waals surface area contributed by atoms with Gasteiger partial charge in [0.2, 0.25) is 0 Å². The Morgan fingerprint density at radius 3 is 2.67 bits per heavy atom. The summed E-state index contributed by atoms with van der Waals surface area (Å²) in [6, 6.07) is 4.37. The van der Waals surface area contributed by atoms with Crippen molar-refractivity contribution in [1.29, 1.82) is 0 Å². The van der Waals surface area contributed by atoms with Crippen LogP contribution < -0.4 is 4.74 Å². The summed E-state index contributed by atoms with van der Waals surface area (Å²) in [7, 11) is 0. The minimum absolute atomic E-state index is 0.0214. The zero-order valence-corrected chi connectivity index (χ0v) is 12.8. The van der Waals surface area contributed by atoms with E-state index in [1.807, 2.05) is 0 Å². The van der Waals surface area contributed by atoms with Crippen molar-refractivity contribution in [3.05, 3.63) is 65.0 Å². The highest BCUT2D eigenvalue weighted by Crippen LogP contribution is 2.21. The molecular weight excluding hydrogens is 339 g/mol. The second-order valence-electron chi connectivity index (χ2n) is 4.69. The quantitative estimate of drug-likeness (QED) is 0.762. The predicted octanol–water partition coefficient (Wildman–Crippen LogP) is 2.73. The van der Waals surface area contributed by atoms with Crippen LogP contribution in [0.25, 0.3) is 5.95 Å². The van der Waals surface area contributed by atoms with E-state index >= 15 is 0 Å². The summed E-state index contributed by atoms with van der Waals surface area (Å²) < 4.78 is 20.3. The molecule has 0 fully saturated rings. The molecule has 24 heavy (non-hydrogen) atoms. The number of rotatable bonds is 5. The number of ether oxygens (including phenoxy) is 1. The van der Waals surface area contributed by atoms with Crippen molar-refractivity contribution < 1.29 is 19.0 Å². The molecule has 3 aromatic rings. The zero-order valence-electron chi connectivity index (χ0n) is 12.1.